The first kappa shape index (κ1) is 19.9. The minimum Gasteiger partial charge on any atom is -0.480 e. The normalized spacial score (nSPS) is 15.1. The fourth-order valence-corrected chi connectivity index (χ4v) is 3.82. The van der Waals surface area contributed by atoms with Crippen LogP contribution in [-0.2, 0) is 6.54 Å². The van der Waals surface area contributed by atoms with Crippen molar-refractivity contribution < 1.29 is 14.1 Å². The van der Waals surface area contributed by atoms with Crippen molar-refractivity contribution in [3.05, 3.63) is 65.7 Å². The van der Waals surface area contributed by atoms with Crippen LogP contribution in [0.5, 0.6) is 5.88 Å². The molecule has 3 heterocycles. The number of carbonyl (C=O) groups is 1. The molecule has 0 bridgehead atoms. The summed E-state index contributed by atoms with van der Waals surface area (Å²) in [5.41, 5.74) is 9.48. The third-order valence-electron chi connectivity index (χ3n) is 5.40. The first-order valence-corrected chi connectivity index (χ1v) is 9.95. The molecule has 156 valence electrons. The van der Waals surface area contributed by atoms with Crippen LogP contribution in [0.3, 0.4) is 0 Å². The van der Waals surface area contributed by atoms with E-state index in [9.17, 15) is 4.79 Å². The molecule has 1 aliphatic heterocycles. The standard InChI is InChI=1S/C22H25N5O3/c1-29-22-18(23)11-19(25-21(28)17-12-24-30-14-17)20(26-22)16-7-9-27(10-8-16)13-15-5-3-2-4-6-15/h2-6,11-12,14,16H,7-10,13,23H2,1H3,(H,25,28). The Bertz CT molecular complexity index is 984. The molecule has 0 aliphatic carbocycles. The molecule has 1 fully saturated rings. The van der Waals surface area contributed by atoms with Gasteiger partial charge in [0, 0.05) is 12.5 Å². The van der Waals surface area contributed by atoms with Crippen LogP contribution < -0.4 is 15.8 Å². The Kier molecular flexibility index (Phi) is 5.94. The molecule has 0 saturated carbocycles. The number of anilines is 2. The Morgan fingerprint density at radius 1 is 1.30 bits per heavy atom. The van der Waals surface area contributed by atoms with Gasteiger partial charge in [-0.3, -0.25) is 9.69 Å². The average molecular weight is 407 g/mol. The number of nitrogens with two attached hydrogens (primary N) is 1. The van der Waals surface area contributed by atoms with Gasteiger partial charge in [0.25, 0.3) is 5.91 Å². The SMILES string of the molecule is COc1nc(C2CCN(Cc3ccccc3)CC2)c(NC(=O)c2cnoc2)cc1N. The van der Waals surface area contributed by atoms with Crippen LogP contribution in [0.25, 0.3) is 0 Å². The molecule has 2 aromatic heterocycles. The molecule has 4 rings (SSSR count). The maximum atomic E-state index is 12.5. The summed E-state index contributed by atoms with van der Waals surface area (Å²) in [6, 6.07) is 12.2. The van der Waals surface area contributed by atoms with Gasteiger partial charge in [-0.1, -0.05) is 35.5 Å². The number of piperidine rings is 1. The molecule has 8 nitrogen and oxygen atoms in total. The monoisotopic (exact) mass is 407 g/mol. The molecule has 0 radical (unpaired) electrons. The van der Waals surface area contributed by atoms with Crippen molar-refractivity contribution in [3.63, 3.8) is 0 Å². The smallest absolute Gasteiger partial charge is 0.260 e. The van der Waals surface area contributed by atoms with Gasteiger partial charge in [0.15, 0.2) is 0 Å². The van der Waals surface area contributed by atoms with Gasteiger partial charge in [-0.25, -0.2) is 4.98 Å². The predicted octanol–water partition coefficient (Wildman–Crippen LogP) is 3.29. The van der Waals surface area contributed by atoms with Crippen molar-refractivity contribution in [2.45, 2.75) is 25.3 Å². The summed E-state index contributed by atoms with van der Waals surface area (Å²) < 4.78 is 10.1. The lowest BCUT2D eigenvalue weighted by Gasteiger charge is -2.32. The van der Waals surface area contributed by atoms with Gasteiger partial charge >= 0.3 is 0 Å². The van der Waals surface area contributed by atoms with Crippen LogP contribution in [0.15, 0.2) is 53.4 Å². The summed E-state index contributed by atoms with van der Waals surface area (Å²) in [6.45, 7) is 2.84. The summed E-state index contributed by atoms with van der Waals surface area (Å²) in [5.74, 6) is 0.259. The van der Waals surface area contributed by atoms with E-state index in [1.807, 2.05) is 6.07 Å². The van der Waals surface area contributed by atoms with Crippen molar-refractivity contribution in [2.24, 2.45) is 0 Å². The van der Waals surface area contributed by atoms with E-state index in [-0.39, 0.29) is 11.8 Å². The van der Waals surface area contributed by atoms with Crippen molar-refractivity contribution in [3.8, 4) is 5.88 Å². The molecule has 0 spiro atoms. The number of aromatic nitrogens is 2. The zero-order chi connectivity index (χ0) is 20.9. The van der Waals surface area contributed by atoms with Crippen LogP contribution in [0, 0.1) is 0 Å². The number of nitrogen functional groups attached to an aromatic ring is 1. The second kappa shape index (κ2) is 8.96. The fraction of sp³-hybridized carbons (Fsp3) is 0.318. The minimum atomic E-state index is -0.314. The first-order valence-electron chi connectivity index (χ1n) is 9.95. The Morgan fingerprint density at radius 3 is 2.73 bits per heavy atom. The summed E-state index contributed by atoms with van der Waals surface area (Å²) in [5, 5.41) is 6.49. The molecule has 3 aromatic rings. The summed E-state index contributed by atoms with van der Waals surface area (Å²) in [7, 11) is 1.54. The van der Waals surface area contributed by atoms with Crippen LogP contribution in [0.2, 0.25) is 0 Å². The lowest BCUT2D eigenvalue weighted by Crippen LogP contribution is -2.33. The molecule has 1 saturated heterocycles. The molecule has 8 heteroatoms. The molecule has 1 aromatic carbocycles. The fourth-order valence-electron chi connectivity index (χ4n) is 3.82. The first-order chi connectivity index (χ1) is 14.6. The number of pyridine rings is 1. The summed E-state index contributed by atoms with van der Waals surface area (Å²) in [4.78, 5) is 19.6. The van der Waals surface area contributed by atoms with Gasteiger partial charge in [0.2, 0.25) is 5.88 Å². The molecule has 3 N–H and O–H groups in total. The largest absolute Gasteiger partial charge is 0.480 e. The quantitative estimate of drug-likeness (QED) is 0.646. The van der Waals surface area contributed by atoms with Crippen LogP contribution >= 0.6 is 0 Å². The van der Waals surface area contributed by atoms with Crippen LogP contribution in [-0.4, -0.2) is 41.1 Å². The number of ether oxygens (including phenoxy) is 1. The number of hydrogen-bond acceptors (Lipinski definition) is 7. The molecule has 1 aliphatic rings. The molecular formula is C22H25N5O3. The zero-order valence-electron chi connectivity index (χ0n) is 16.9. The van der Waals surface area contributed by atoms with E-state index in [2.05, 4.69) is 44.6 Å². The number of carbonyl (C=O) groups excluding carboxylic acids is 1. The minimum absolute atomic E-state index is 0.198. The Hall–Kier alpha value is -3.39. The van der Waals surface area contributed by atoms with Gasteiger partial charge in [0.1, 0.15) is 6.26 Å². The van der Waals surface area contributed by atoms with Crippen LogP contribution in [0.4, 0.5) is 11.4 Å². The summed E-state index contributed by atoms with van der Waals surface area (Å²) >= 11 is 0. The number of hydrogen-bond donors (Lipinski definition) is 2. The number of rotatable bonds is 6. The van der Waals surface area contributed by atoms with Gasteiger partial charge < -0.3 is 20.3 Å². The third-order valence-corrected chi connectivity index (χ3v) is 5.40. The average Bonchev–Trinajstić information content (AvgIpc) is 3.31. The molecule has 30 heavy (non-hydrogen) atoms. The zero-order valence-corrected chi connectivity index (χ0v) is 16.9. The number of benzene rings is 1. The van der Waals surface area contributed by atoms with Gasteiger partial charge in [-0.15, -0.1) is 0 Å². The van der Waals surface area contributed by atoms with Crippen LogP contribution in [0.1, 0.15) is 40.4 Å². The van der Waals surface area contributed by atoms with E-state index in [1.165, 1.54) is 18.0 Å². The third kappa shape index (κ3) is 4.44. The molecule has 0 atom stereocenters. The topological polar surface area (TPSA) is 107 Å². The maximum absolute atomic E-state index is 12.5. The van der Waals surface area contributed by atoms with E-state index < -0.39 is 0 Å². The Balaban J connectivity index is 1.50. The van der Waals surface area contributed by atoms with Gasteiger partial charge in [0.05, 0.1) is 35.9 Å². The number of likely N-dealkylation sites (tertiary alicyclic amines) is 1. The second-order valence-corrected chi connectivity index (χ2v) is 7.42. The van der Waals surface area contributed by atoms with E-state index in [1.54, 1.807) is 13.2 Å². The van der Waals surface area contributed by atoms with Crippen molar-refractivity contribution >= 4 is 17.3 Å². The predicted molar refractivity (Wildman–Crippen MR) is 113 cm³/mol. The highest BCUT2D eigenvalue weighted by atomic mass is 16.5. The highest BCUT2D eigenvalue weighted by Gasteiger charge is 2.26. The molecule has 0 unspecified atom stereocenters. The van der Waals surface area contributed by atoms with E-state index in [0.717, 1.165) is 38.2 Å². The number of nitrogens with one attached hydrogen (secondary N) is 1. The van der Waals surface area contributed by atoms with Gasteiger partial charge in [-0.05, 0) is 37.6 Å². The number of nitrogens with zero attached hydrogens (tertiary/aromatic N) is 3. The van der Waals surface area contributed by atoms with Gasteiger partial charge in [-0.2, -0.15) is 0 Å². The number of methoxy groups -OCH3 is 1. The Morgan fingerprint density at radius 2 is 2.07 bits per heavy atom. The van der Waals surface area contributed by atoms with E-state index in [0.29, 0.717) is 22.8 Å². The maximum Gasteiger partial charge on any atom is 0.260 e. The molecule has 1 amide bonds. The van der Waals surface area contributed by atoms with Crippen molar-refractivity contribution in [2.75, 3.05) is 31.2 Å². The van der Waals surface area contributed by atoms with Crippen molar-refractivity contribution in [1.29, 1.82) is 0 Å². The molecular weight excluding hydrogens is 382 g/mol. The number of amides is 1. The van der Waals surface area contributed by atoms with E-state index >= 15 is 0 Å². The van der Waals surface area contributed by atoms with Crippen molar-refractivity contribution in [1.82, 2.24) is 15.0 Å². The highest BCUT2D eigenvalue weighted by molar-refractivity contribution is 6.04. The van der Waals surface area contributed by atoms with E-state index in [4.69, 9.17) is 15.0 Å². The lowest BCUT2D eigenvalue weighted by molar-refractivity contribution is 0.102. The summed E-state index contributed by atoms with van der Waals surface area (Å²) in [6.07, 6.45) is 4.54. The highest BCUT2D eigenvalue weighted by Crippen LogP contribution is 2.36. The second-order valence-electron chi connectivity index (χ2n) is 7.42. The lowest BCUT2D eigenvalue weighted by atomic mass is 9.91. The Labute approximate surface area is 175 Å².